The predicted octanol–water partition coefficient (Wildman–Crippen LogP) is 4.03. The maximum Gasteiger partial charge on any atom is 0.260 e. The SMILES string of the molecule is COc1ccc([C@H]2C[C@@H](c3ccc(F)cc3)n3nc(N4C(=O)[C@H]5CC=CC[C@@H]5C4=O)nc3N2)cc1. The normalized spacial score (nSPS) is 25.3. The van der Waals surface area contributed by atoms with Crippen LogP contribution in [0.25, 0.3) is 0 Å². The molecule has 1 N–H and O–H groups in total. The molecular formula is C26H24FN5O3. The van der Waals surface area contributed by atoms with E-state index < -0.39 is 0 Å². The summed E-state index contributed by atoms with van der Waals surface area (Å²) < 4.78 is 20.6. The maximum absolute atomic E-state index is 13.7. The lowest BCUT2D eigenvalue weighted by atomic mass is 9.85. The highest BCUT2D eigenvalue weighted by atomic mass is 19.1. The number of methoxy groups -OCH3 is 1. The highest BCUT2D eigenvalue weighted by Gasteiger charge is 2.50. The molecule has 35 heavy (non-hydrogen) atoms. The van der Waals surface area contributed by atoms with Crippen LogP contribution in [0, 0.1) is 17.7 Å². The van der Waals surface area contributed by atoms with Crippen LogP contribution in [0.3, 0.4) is 0 Å². The Labute approximate surface area is 201 Å². The number of allylic oxidation sites excluding steroid dienone is 2. The molecule has 1 aromatic heterocycles. The molecule has 3 aromatic rings. The monoisotopic (exact) mass is 473 g/mol. The number of fused-ring (bicyclic) bond motifs is 2. The number of nitrogens with one attached hydrogen (secondary N) is 1. The second kappa shape index (κ2) is 8.33. The summed E-state index contributed by atoms with van der Waals surface area (Å²) >= 11 is 0. The number of rotatable bonds is 4. The molecule has 0 saturated carbocycles. The molecule has 3 aliphatic rings. The van der Waals surface area contributed by atoms with Crippen LogP contribution in [0.4, 0.5) is 16.3 Å². The first kappa shape index (κ1) is 21.5. The van der Waals surface area contributed by atoms with Crippen molar-refractivity contribution < 1.29 is 18.7 Å². The second-order valence-electron chi connectivity index (χ2n) is 9.12. The second-order valence-corrected chi connectivity index (χ2v) is 9.12. The number of hydrogen-bond acceptors (Lipinski definition) is 6. The van der Waals surface area contributed by atoms with E-state index in [1.54, 1.807) is 23.9 Å². The zero-order valence-electron chi connectivity index (χ0n) is 19.1. The van der Waals surface area contributed by atoms with Crippen molar-refractivity contribution in [2.45, 2.75) is 31.3 Å². The Morgan fingerprint density at radius 3 is 2.20 bits per heavy atom. The first-order chi connectivity index (χ1) is 17.0. The number of halogens is 1. The quantitative estimate of drug-likeness (QED) is 0.455. The van der Waals surface area contributed by atoms with E-state index in [9.17, 15) is 14.0 Å². The number of carbonyl (C=O) groups is 2. The molecule has 9 heteroatoms. The molecule has 6 rings (SSSR count). The Hall–Kier alpha value is -4.01. The summed E-state index contributed by atoms with van der Waals surface area (Å²) in [5, 5.41) is 8.03. The van der Waals surface area contributed by atoms with E-state index in [4.69, 9.17) is 4.74 Å². The van der Waals surface area contributed by atoms with Crippen molar-refractivity contribution in [3.8, 4) is 5.75 Å². The Balaban J connectivity index is 1.39. The van der Waals surface area contributed by atoms with Crippen LogP contribution < -0.4 is 15.0 Å². The zero-order valence-corrected chi connectivity index (χ0v) is 19.1. The zero-order chi connectivity index (χ0) is 24.1. The molecule has 4 atom stereocenters. The summed E-state index contributed by atoms with van der Waals surface area (Å²) in [5.41, 5.74) is 1.89. The molecule has 0 unspecified atom stereocenters. The maximum atomic E-state index is 13.7. The molecular weight excluding hydrogens is 449 g/mol. The van der Waals surface area contributed by atoms with Crippen molar-refractivity contribution in [1.29, 1.82) is 0 Å². The van der Waals surface area contributed by atoms with Crippen LogP contribution >= 0.6 is 0 Å². The number of nitrogens with zero attached hydrogens (tertiary/aromatic N) is 4. The molecule has 0 spiro atoms. The summed E-state index contributed by atoms with van der Waals surface area (Å²) in [5.74, 6) is -0.253. The highest BCUT2D eigenvalue weighted by Crippen LogP contribution is 2.41. The average molecular weight is 474 g/mol. The van der Waals surface area contributed by atoms with Gasteiger partial charge in [0, 0.05) is 0 Å². The van der Waals surface area contributed by atoms with Gasteiger partial charge in [0.15, 0.2) is 0 Å². The van der Waals surface area contributed by atoms with Crippen molar-refractivity contribution >= 4 is 23.7 Å². The van der Waals surface area contributed by atoms with Gasteiger partial charge in [0.25, 0.3) is 5.95 Å². The molecule has 178 valence electrons. The van der Waals surface area contributed by atoms with Gasteiger partial charge in [0.2, 0.25) is 17.8 Å². The Bertz CT molecular complexity index is 1290. The van der Waals surface area contributed by atoms with E-state index in [0.717, 1.165) is 21.8 Å². The van der Waals surface area contributed by atoms with Crippen LogP contribution in [-0.4, -0.2) is 33.7 Å². The smallest absolute Gasteiger partial charge is 0.260 e. The van der Waals surface area contributed by atoms with Crippen molar-refractivity contribution in [2.24, 2.45) is 11.8 Å². The van der Waals surface area contributed by atoms with Gasteiger partial charge in [-0.2, -0.15) is 4.98 Å². The van der Waals surface area contributed by atoms with Crippen molar-refractivity contribution in [3.63, 3.8) is 0 Å². The summed E-state index contributed by atoms with van der Waals surface area (Å²) in [6.07, 6.45) is 5.62. The topological polar surface area (TPSA) is 89.4 Å². The minimum absolute atomic E-state index is 0.0828. The molecule has 2 aliphatic heterocycles. The van der Waals surface area contributed by atoms with E-state index in [2.05, 4.69) is 15.4 Å². The van der Waals surface area contributed by atoms with Crippen molar-refractivity contribution in [2.75, 3.05) is 17.3 Å². The van der Waals surface area contributed by atoms with E-state index >= 15 is 0 Å². The van der Waals surface area contributed by atoms with Crippen LogP contribution in [-0.2, 0) is 9.59 Å². The van der Waals surface area contributed by atoms with E-state index in [1.807, 2.05) is 36.4 Å². The molecule has 1 saturated heterocycles. The largest absolute Gasteiger partial charge is 0.497 e. The van der Waals surface area contributed by atoms with Gasteiger partial charge in [0.05, 0.1) is 31.0 Å². The third-order valence-corrected chi connectivity index (χ3v) is 7.16. The molecule has 0 bridgehead atoms. The number of amides is 2. The fraction of sp³-hybridized carbons (Fsp3) is 0.308. The molecule has 2 amide bonds. The van der Waals surface area contributed by atoms with Gasteiger partial charge in [-0.1, -0.05) is 36.4 Å². The molecule has 1 aliphatic carbocycles. The Kier molecular flexibility index (Phi) is 5.12. The minimum Gasteiger partial charge on any atom is -0.497 e. The van der Waals surface area contributed by atoms with E-state index in [0.29, 0.717) is 25.2 Å². The van der Waals surface area contributed by atoms with Crippen LogP contribution in [0.1, 0.15) is 42.5 Å². The van der Waals surface area contributed by atoms with E-state index in [-0.39, 0.29) is 47.5 Å². The number of aromatic nitrogens is 3. The van der Waals surface area contributed by atoms with Gasteiger partial charge >= 0.3 is 0 Å². The Morgan fingerprint density at radius 1 is 0.943 bits per heavy atom. The van der Waals surface area contributed by atoms with Gasteiger partial charge in [-0.25, -0.2) is 14.0 Å². The summed E-state index contributed by atoms with van der Waals surface area (Å²) in [4.78, 5) is 32.0. The molecule has 1 fully saturated rings. The first-order valence-electron chi connectivity index (χ1n) is 11.7. The summed E-state index contributed by atoms with van der Waals surface area (Å²) in [7, 11) is 1.62. The van der Waals surface area contributed by atoms with Gasteiger partial charge in [0.1, 0.15) is 11.6 Å². The Morgan fingerprint density at radius 2 is 1.57 bits per heavy atom. The van der Waals surface area contributed by atoms with Gasteiger partial charge in [-0.15, -0.1) is 5.10 Å². The number of benzene rings is 2. The third kappa shape index (κ3) is 3.58. The lowest BCUT2D eigenvalue weighted by Crippen LogP contribution is -2.32. The molecule has 8 nitrogen and oxygen atoms in total. The van der Waals surface area contributed by atoms with Gasteiger partial charge < -0.3 is 10.1 Å². The van der Waals surface area contributed by atoms with E-state index in [1.165, 1.54) is 12.1 Å². The third-order valence-electron chi connectivity index (χ3n) is 7.16. The van der Waals surface area contributed by atoms with Gasteiger partial charge in [-0.3, -0.25) is 9.59 Å². The lowest BCUT2D eigenvalue weighted by Gasteiger charge is -2.31. The fourth-order valence-corrected chi connectivity index (χ4v) is 5.28. The van der Waals surface area contributed by atoms with Crippen molar-refractivity contribution in [3.05, 3.63) is 77.6 Å². The molecule has 2 aromatic carbocycles. The summed E-state index contributed by atoms with van der Waals surface area (Å²) in [6.45, 7) is 0. The van der Waals surface area contributed by atoms with Crippen LogP contribution in [0.5, 0.6) is 5.75 Å². The van der Waals surface area contributed by atoms with Crippen molar-refractivity contribution in [1.82, 2.24) is 14.8 Å². The average Bonchev–Trinajstić information content (AvgIpc) is 3.42. The first-order valence-corrected chi connectivity index (χ1v) is 11.7. The minimum atomic E-state index is -0.360. The number of imide groups is 1. The highest BCUT2D eigenvalue weighted by molar-refractivity contribution is 6.21. The number of hydrogen-bond donors (Lipinski definition) is 1. The number of carbonyl (C=O) groups excluding carboxylic acids is 2. The molecule has 0 radical (unpaired) electrons. The standard InChI is InChI=1S/C26H24FN5O3/c1-35-18-12-8-15(9-13-18)21-14-22(16-6-10-17(27)11-7-16)32-25(28-21)29-26(30-32)31-23(33)19-4-2-3-5-20(19)24(31)34/h2-3,6-13,19-22H,4-5,14H2,1H3,(H,28,29,30)/t19-,20-,21+,22-/m0/s1. The number of ether oxygens (including phenoxy) is 1. The fourth-order valence-electron chi connectivity index (χ4n) is 5.28. The van der Waals surface area contributed by atoms with Crippen LogP contribution in [0.15, 0.2) is 60.7 Å². The van der Waals surface area contributed by atoms with Crippen LogP contribution in [0.2, 0.25) is 0 Å². The summed E-state index contributed by atoms with van der Waals surface area (Å²) in [6, 6.07) is 13.7. The predicted molar refractivity (Wildman–Crippen MR) is 126 cm³/mol. The van der Waals surface area contributed by atoms with Gasteiger partial charge in [-0.05, 0) is 54.7 Å². The number of anilines is 2. The molecule has 3 heterocycles. The lowest BCUT2D eigenvalue weighted by molar-refractivity contribution is -0.122.